The van der Waals surface area contributed by atoms with Crippen LogP contribution in [0.5, 0.6) is 0 Å². The minimum Gasteiger partial charge on any atom is -0.351 e. The van der Waals surface area contributed by atoms with Crippen LogP contribution in [0.15, 0.2) is 42.7 Å². The van der Waals surface area contributed by atoms with Crippen LogP contribution in [0.3, 0.4) is 0 Å². The SMILES string of the molecule is CC(C)CCNC(=O)C[n+]1ccc2ccccc2c1. The number of nitrogens with one attached hydrogen (secondary N) is 1. The third-order valence-electron chi connectivity index (χ3n) is 3.12. The summed E-state index contributed by atoms with van der Waals surface area (Å²) in [5, 5.41) is 5.30. The molecule has 1 amide bonds. The Bertz CT molecular complexity index is 563. The van der Waals surface area contributed by atoms with Gasteiger partial charge in [0.2, 0.25) is 6.54 Å². The topological polar surface area (TPSA) is 33.0 Å². The molecule has 100 valence electrons. The molecule has 0 aliphatic carbocycles. The van der Waals surface area contributed by atoms with Gasteiger partial charge in [0.15, 0.2) is 12.4 Å². The highest BCUT2D eigenvalue weighted by molar-refractivity contribution is 5.80. The van der Waals surface area contributed by atoms with E-state index in [0.717, 1.165) is 18.4 Å². The zero-order valence-electron chi connectivity index (χ0n) is 11.6. The molecule has 0 fully saturated rings. The van der Waals surface area contributed by atoms with E-state index >= 15 is 0 Å². The van der Waals surface area contributed by atoms with Gasteiger partial charge in [0.05, 0.1) is 0 Å². The second-order valence-electron chi connectivity index (χ2n) is 5.28. The zero-order chi connectivity index (χ0) is 13.7. The summed E-state index contributed by atoms with van der Waals surface area (Å²) in [5.41, 5.74) is 0. The average molecular weight is 257 g/mol. The van der Waals surface area contributed by atoms with Gasteiger partial charge >= 0.3 is 0 Å². The van der Waals surface area contributed by atoms with Crippen LogP contribution in [0.4, 0.5) is 0 Å². The molecule has 1 aromatic heterocycles. The first-order valence-corrected chi connectivity index (χ1v) is 6.79. The number of pyridine rings is 1. The van der Waals surface area contributed by atoms with E-state index in [-0.39, 0.29) is 5.91 Å². The van der Waals surface area contributed by atoms with Crippen LogP contribution in [0.2, 0.25) is 0 Å². The number of carbonyl (C=O) groups is 1. The largest absolute Gasteiger partial charge is 0.351 e. The second-order valence-corrected chi connectivity index (χ2v) is 5.28. The zero-order valence-corrected chi connectivity index (χ0v) is 11.6. The average Bonchev–Trinajstić information content (AvgIpc) is 2.38. The van der Waals surface area contributed by atoms with Crippen molar-refractivity contribution in [3.63, 3.8) is 0 Å². The number of carbonyl (C=O) groups excluding carboxylic acids is 1. The van der Waals surface area contributed by atoms with Crippen molar-refractivity contribution >= 4 is 16.7 Å². The number of fused-ring (bicyclic) bond motifs is 1. The van der Waals surface area contributed by atoms with E-state index in [1.165, 1.54) is 5.39 Å². The maximum Gasteiger partial charge on any atom is 0.285 e. The molecule has 2 rings (SSSR count). The molecule has 3 heteroatoms. The van der Waals surface area contributed by atoms with Crippen molar-refractivity contribution < 1.29 is 9.36 Å². The van der Waals surface area contributed by atoms with Crippen LogP contribution in [-0.4, -0.2) is 12.5 Å². The maximum absolute atomic E-state index is 11.8. The molecule has 0 atom stereocenters. The third-order valence-corrected chi connectivity index (χ3v) is 3.12. The minimum atomic E-state index is 0.0703. The van der Waals surface area contributed by atoms with E-state index in [1.54, 1.807) is 0 Å². The van der Waals surface area contributed by atoms with Crippen LogP contribution in [-0.2, 0) is 11.3 Å². The molecule has 2 aromatic rings. The van der Waals surface area contributed by atoms with Crippen molar-refractivity contribution in [1.82, 2.24) is 5.32 Å². The summed E-state index contributed by atoms with van der Waals surface area (Å²) in [7, 11) is 0. The van der Waals surface area contributed by atoms with Gasteiger partial charge in [-0.1, -0.05) is 32.0 Å². The number of hydrogen-bond donors (Lipinski definition) is 1. The lowest BCUT2D eigenvalue weighted by molar-refractivity contribution is -0.683. The monoisotopic (exact) mass is 257 g/mol. The molecule has 1 heterocycles. The lowest BCUT2D eigenvalue weighted by Gasteiger charge is -2.05. The first kappa shape index (κ1) is 13.5. The molecule has 0 bridgehead atoms. The van der Waals surface area contributed by atoms with E-state index in [1.807, 2.05) is 35.2 Å². The molecule has 3 nitrogen and oxygen atoms in total. The van der Waals surface area contributed by atoms with Crippen LogP contribution in [0, 0.1) is 5.92 Å². The van der Waals surface area contributed by atoms with Crippen molar-refractivity contribution in [2.45, 2.75) is 26.8 Å². The van der Waals surface area contributed by atoms with Gasteiger partial charge in [-0.3, -0.25) is 4.79 Å². The Balaban J connectivity index is 1.95. The van der Waals surface area contributed by atoms with Gasteiger partial charge in [-0.2, -0.15) is 4.57 Å². The highest BCUT2D eigenvalue weighted by Crippen LogP contribution is 2.09. The summed E-state index contributed by atoms with van der Waals surface area (Å²) in [6.45, 7) is 5.45. The van der Waals surface area contributed by atoms with Gasteiger partial charge < -0.3 is 5.32 Å². The quantitative estimate of drug-likeness (QED) is 0.819. The standard InChI is InChI=1S/C16H20N2O/c1-13(2)7-9-17-16(19)12-18-10-8-14-5-3-4-6-15(14)11-18/h3-6,8,10-11,13H,7,9,12H2,1-2H3/p+1. The van der Waals surface area contributed by atoms with Crippen LogP contribution in [0.1, 0.15) is 20.3 Å². The molecule has 0 saturated heterocycles. The molecule has 0 unspecified atom stereocenters. The number of rotatable bonds is 5. The van der Waals surface area contributed by atoms with Crippen LogP contribution in [0.25, 0.3) is 10.8 Å². The molecule has 0 aliphatic heterocycles. The molecule has 19 heavy (non-hydrogen) atoms. The lowest BCUT2D eigenvalue weighted by Crippen LogP contribution is -2.42. The molecular weight excluding hydrogens is 236 g/mol. The van der Waals surface area contributed by atoms with E-state index in [9.17, 15) is 4.79 Å². The van der Waals surface area contributed by atoms with Crippen molar-refractivity contribution in [3.8, 4) is 0 Å². The summed E-state index contributed by atoms with van der Waals surface area (Å²) >= 11 is 0. The van der Waals surface area contributed by atoms with Gasteiger partial charge in [-0.15, -0.1) is 0 Å². The first-order valence-electron chi connectivity index (χ1n) is 6.79. The van der Waals surface area contributed by atoms with E-state index in [0.29, 0.717) is 12.5 Å². The van der Waals surface area contributed by atoms with Crippen LogP contribution < -0.4 is 9.88 Å². The Hall–Kier alpha value is -1.90. The Morgan fingerprint density at radius 1 is 1.21 bits per heavy atom. The van der Waals surface area contributed by atoms with Gasteiger partial charge in [-0.05, 0) is 23.8 Å². The van der Waals surface area contributed by atoms with Crippen molar-refractivity contribution in [3.05, 3.63) is 42.7 Å². The van der Waals surface area contributed by atoms with Crippen molar-refractivity contribution in [2.75, 3.05) is 6.54 Å². The lowest BCUT2D eigenvalue weighted by atomic mass is 10.1. The van der Waals surface area contributed by atoms with E-state index in [2.05, 4.69) is 31.3 Å². The predicted molar refractivity (Wildman–Crippen MR) is 76.6 cm³/mol. The molecule has 0 spiro atoms. The number of aromatic nitrogens is 1. The molecular formula is C16H21N2O+. The Morgan fingerprint density at radius 3 is 2.68 bits per heavy atom. The van der Waals surface area contributed by atoms with Crippen molar-refractivity contribution in [2.24, 2.45) is 5.92 Å². The summed E-state index contributed by atoms with van der Waals surface area (Å²) in [6.07, 6.45) is 4.98. The number of benzene rings is 1. The van der Waals surface area contributed by atoms with E-state index in [4.69, 9.17) is 0 Å². The molecule has 1 aromatic carbocycles. The minimum absolute atomic E-state index is 0.0703. The highest BCUT2D eigenvalue weighted by Gasteiger charge is 2.09. The third kappa shape index (κ3) is 4.05. The summed E-state index contributed by atoms with van der Waals surface area (Å²) < 4.78 is 1.92. The second kappa shape index (κ2) is 6.32. The normalized spacial score (nSPS) is 10.9. The smallest absolute Gasteiger partial charge is 0.285 e. The van der Waals surface area contributed by atoms with Gasteiger partial charge in [-0.25, -0.2) is 0 Å². The Labute approximate surface area is 114 Å². The fourth-order valence-electron chi connectivity index (χ4n) is 2.00. The van der Waals surface area contributed by atoms with Gasteiger partial charge in [0.1, 0.15) is 0 Å². The van der Waals surface area contributed by atoms with Gasteiger partial charge in [0, 0.05) is 18.0 Å². The van der Waals surface area contributed by atoms with Crippen LogP contribution >= 0.6 is 0 Å². The summed E-state index contributed by atoms with van der Waals surface area (Å²) in [4.78, 5) is 11.8. The fourth-order valence-corrected chi connectivity index (χ4v) is 2.00. The van der Waals surface area contributed by atoms with Crippen molar-refractivity contribution in [1.29, 1.82) is 0 Å². The van der Waals surface area contributed by atoms with E-state index < -0.39 is 0 Å². The predicted octanol–water partition coefficient (Wildman–Crippen LogP) is 2.29. The molecule has 0 aliphatic rings. The molecule has 0 saturated carbocycles. The maximum atomic E-state index is 11.8. The Kier molecular flexibility index (Phi) is 4.50. The number of hydrogen-bond acceptors (Lipinski definition) is 1. The number of amides is 1. The highest BCUT2D eigenvalue weighted by atomic mass is 16.1. The van der Waals surface area contributed by atoms with Gasteiger partial charge in [0.25, 0.3) is 5.91 Å². The first-order chi connectivity index (χ1) is 9.15. The Morgan fingerprint density at radius 2 is 1.95 bits per heavy atom. The molecule has 0 radical (unpaired) electrons. The molecule has 1 N–H and O–H groups in total. The summed E-state index contributed by atoms with van der Waals surface area (Å²) in [5.74, 6) is 0.689. The fraction of sp³-hybridized carbons (Fsp3) is 0.375. The summed E-state index contributed by atoms with van der Waals surface area (Å²) in [6, 6.07) is 10.2. The number of nitrogens with zero attached hydrogens (tertiary/aromatic N) is 1.